The Bertz CT molecular complexity index is 1130. The highest BCUT2D eigenvalue weighted by molar-refractivity contribution is 7.12. The Hall–Kier alpha value is -3.12. The first-order chi connectivity index (χ1) is 14.1. The van der Waals surface area contributed by atoms with Crippen molar-refractivity contribution in [3.05, 3.63) is 81.8 Å². The fourth-order valence-electron chi connectivity index (χ4n) is 3.37. The summed E-state index contributed by atoms with van der Waals surface area (Å²) in [5.74, 6) is 1.64. The highest BCUT2D eigenvalue weighted by Crippen LogP contribution is 2.20. The van der Waals surface area contributed by atoms with Crippen LogP contribution in [0.1, 0.15) is 26.6 Å². The van der Waals surface area contributed by atoms with Gasteiger partial charge in [-0.1, -0.05) is 35.9 Å². The SMILES string of the molecule is Cc1ccc(OCCn2c(CNC(=O)c3cccs3)nc3ccccc32)c(C)c1. The van der Waals surface area contributed by atoms with Crippen molar-refractivity contribution >= 4 is 28.3 Å². The van der Waals surface area contributed by atoms with E-state index in [1.165, 1.54) is 16.9 Å². The van der Waals surface area contributed by atoms with Crippen molar-refractivity contribution in [3.63, 3.8) is 0 Å². The van der Waals surface area contributed by atoms with Crippen molar-refractivity contribution in [2.24, 2.45) is 0 Å². The van der Waals surface area contributed by atoms with E-state index in [2.05, 4.69) is 35.9 Å². The lowest BCUT2D eigenvalue weighted by molar-refractivity contribution is 0.0953. The number of hydrogen-bond donors (Lipinski definition) is 1. The first-order valence-electron chi connectivity index (χ1n) is 9.58. The van der Waals surface area contributed by atoms with Crippen molar-refractivity contribution in [3.8, 4) is 5.75 Å². The predicted octanol–water partition coefficient (Wildman–Crippen LogP) is 4.72. The summed E-state index contributed by atoms with van der Waals surface area (Å²) in [6, 6.07) is 17.9. The molecular weight excluding hydrogens is 382 g/mol. The third-order valence-corrected chi connectivity index (χ3v) is 5.66. The molecule has 1 N–H and O–H groups in total. The van der Waals surface area contributed by atoms with Gasteiger partial charge in [-0.05, 0) is 49.1 Å². The van der Waals surface area contributed by atoms with E-state index >= 15 is 0 Å². The monoisotopic (exact) mass is 405 g/mol. The number of aromatic nitrogens is 2. The van der Waals surface area contributed by atoms with Crippen LogP contribution in [0.3, 0.4) is 0 Å². The molecule has 29 heavy (non-hydrogen) atoms. The Kier molecular flexibility index (Phi) is 5.62. The van der Waals surface area contributed by atoms with Gasteiger partial charge in [0.25, 0.3) is 5.91 Å². The van der Waals surface area contributed by atoms with Gasteiger partial charge in [-0.3, -0.25) is 4.79 Å². The van der Waals surface area contributed by atoms with Crippen LogP contribution in [0.5, 0.6) is 5.75 Å². The van der Waals surface area contributed by atoms with Crippen molar-refractivity contribution in [2.75, 3.05) is 6.61 Å². The first kappa shape index (κ1) is 19.2. The summed E-state index contributed by atoms with van der Waals surface area (Å²) in [5, 5.41) is 4.87. The van der Waals surface area contributed by atoms with Crippen LogP contribution < -0.4 is 10.1 Å². The summed E-state index contributed by atoms with van der Waals surface area (Å²) in [4.78, 5) is 17.7. The van der Waals surface area contributed by atoms with Gasteiger partial charge in [-0.15, -0.1) is 11.3 Å². The number of ether oxygens (including phenoxy) is 1. The smallest absolute Gasteiger partial charge is 0.261 e. The standard InChI is InChI=1S/C23H23N3O2S/c1-16-9-10-20(17(2)14-16)28-12-11-26-19-7-4-3-6-18(19)25-22(26)15-24-23(27)21-8-5-13-29-21/h3-10,13-14H,11-12,15H2,1-2H3,(H,24,27). The lowest BCUT2D eigenvalue weighted by Gasteiger charge is -2.13. The van der Waals surface area contributed by atoms with E-state index in [1.54, 1.807) is 0 Å². The van der Waals surface area contributed by atoms with Crippen molar-refractivity contribution in [1.29, 1.82) is 0 Å². The molecule has 2 aromatic heterocycles. The normalized spacial score (nSPS) is 11.0. The Morgan fingerprint density at radius 2 is 2.00 bits per heavy atom. The Balaban J connectivity index is 1.49. The second kappa shape index (κ2) is 8.49. The van der Waals surface area contributed by atoms with E-state index in [9.17, 15) is 4.79 Å². The molecule has 0 fully saturated rings. The van der Waals surface area contributed by atoms with Crippen LogP contribution in [0.15, 0.2) is 60.0 Å². The minimum atomic E-state index is -0.0786. The van der Waals surface area contributed by atoms with Gasteiger partial charge >= 0.3 is 0 Å². The Labute approximate surface area is 174 Å². The number of amides is 1. The Morgan fingerprint density at radius 3 is 2.79 bits per heavy atom. The fourth-order valence-corrected chi connectivity index (χ4v) is 4.01. The summed E-state index contributed by atoms with van der Waals surface area (Å²) in [5.41, 5.74) is 4.31. The number of rotatable bonds is 7. The van der Waals surface area contributed by atoms with E-state index in [-0.39, 0.29) is 5.91 Å². The number of nitrogens with zero attached hydrogens (tertiary/aromatic N) is 2. The molecule has 0 spiro atoms. The quantitative estimate of drug-likeness (QED) is 0.484. The molecule has 0 saturated carbocycles. The second-order valence-corrected chi connectivity index (χ2v) is 7.89. The van der Waals surface area contributed by atoms with Crippen molar-refractivity contribution in [2.45, 2.75) is 26.9 Å². The van der Waals surface area contributed by atoms with E-state index in [0.29, 0.717) is 24.6 Å². The molecule has 2 heterocycles. The molecule has 5 nitrogen and oxygen atoms in total. The van der Waals surface area contributed by atoms with Crippen LogP contribution in [0.4, 0.5) is 0 Å². The number of nitrogens with one attached hydrogen (secondary N) is 1. The maximum Gasteiger partial charge on any atom is 0.261 e. The predicted molar refractivity (Wildman–Crippen MR) is 117 cm³/mol. The third-order valence-electron chi connectivity index (χ3n) is 4.79. The molecule has 0 aliphatic heterocycles. The maximum atomic E-state index is 12.3. The molecular formula is C23H23N3O2S. The van der Waals surface area contributed by atoms with E-state index < -0.39 is 0 Å². The zero-order chi connectivity index (χ0) is 20.2. The number of thiophene rings is 1. The van der Waals surface area contributed by atoms with Gasteiger partial charge in [-0.2, -0.15) is 0 Å². The Morgan fingerprint density at radius 1 is 1.14 bits per heavy atom. The third kappa shape index (κ3) is 4.32. The highest BCUT2D eigenvalue weighted by Gasteiger charge is 2.13. The molecule has 1 amide bonds. The van der Waals surface area contributed by atoms with Crippen LogP contribution in [0, 0.1) is 13.8 Å². The molecule has 0 unspecified atom stereocenters. The first-order valence-corrected chi connectivity index (χ1v) is 10.5. The van der Waals surface area contributed by atoms with Gasteiger partial charge in [0.2, 0.25) is 0 Å². The van der Waals surface area contributed by atoms with Crippen LogP contribution in [0.2, 0.25) is 0 Å². The highest BCUT2D eigenvalue weighted by atomic mass is 32.1. The lowest BCUT2D eigenvalue weighted by Crippen LogP contribution is -2.24. The lowest BCUT2D eigenvalue weighted by atomic mass is 10.1. The number of para-hydroxylation sites is 2. The summed E-state index contributed by atoms with van der Waals surface area (Å²) >= 11 is 1.43. The summed E-state index contributed by atoms with van der Waals surface area (Å²) in [7, 11) is 0. The molecule has 6 heteroatoms. The molecule has 4 rings (SSSR count). The summed E-state index contributed by atoms with van der Waals surface area (Å²) in [6.07, 6.45) is 0. The average Bonchev–Trinajstić information content (AvgIpc) is 3.36. The molecule has 0 bridgehead atoms. The molecule has 4 aromatic rings. The van der Waals surface area contributed by atoms with Crippen molar-refractivity contribution < 1.29 is 9.53 Å². The minimum absolute atomic E-state index is 0.0786. The topological polar surface area (TPSA) is 56.1 Å². The van der Waals surface area contributed by atoms with Crippen LogP contribution >= 0.6 is 11.3 Å². The second-order valence-electron chi connectivity index (χ2n) is 6.95. The van der Waals surface area contributed by atoms with E-state index in [1.807, 2.05) is 47.8 Å². The number of benzene rings is 2. The number of aryl methyl sites for hydroxylation is 2. The van der Waals surface area contributed by atoms with Gasteiger partial charge in [0.05, 0.1) is 29.0 Å². The molecule has 148 valence electrons. The molecule has 2 aromatic carbocycles. The minimum Gasteiger partial charge on any atom is -0.491 e. The summed E-state index contributed by atoms with van der Waals surface area (Å²) < 4.78 is 8.14. The molecule has 0 saturated heterocycles. The zero-order valence-electron chi connectivity index (χ0n) is 16.5. The number of carbonyl (C=O) groups is 1. The summed E-state index contributed by atoms with van der Waals surface area (Å²) in [6.45, 7) is 5.68. The molecule has 0 atom stereocenters. The number of carbonyl (C=O) groups excluding carboxylic acids is 1. The largest absolute Gasteiger partial charge is 0.491 e. The van der Waals surface area contributed by atoms with Crippen LogP contribution in [0.25, 0.3) is 11.0 Å². The average molecular weight is 406 g/mol. The van der Waals surface area contributed by atoms with Crippen molar-refractivity contribution in [1.82, 2.24) is 14.9 Å². The zero-order valence-corrected chi connectivity index (χ0v) is 17.3. The van der Waals surface area contributed by atoms with Crippen LogP contribution in [-0.2, 0) is 13.1 Å². The van der Waals surface area contributed by atoms with Gasteiger partial charge in [-0.25, -0.2) is 4.98 Å². The fraction of sp³-hybridized carbons (Fsp3) is 0.217. The number of hydrogen-bond acceptors (Lipinski definition) is 4. The van der Waals surface area contributed by atoms with E-state index in [4.69, 9.17) is 9.72 Å². The molecule has 0 radical (unpaired) electrons. The van der Waals surface area contributed by atoms with Gasteiger partial charge < -0.3 is 14.6 Å². The maximum absolute atomic E-state index is 12.3. The van der Waals surface area contributed by atoms with Gasteiger partial charge in [0, 0.05) is 0 Å². The molecule has 0 aliphatic carbocycles. The molecule has 0 aliphatic rings. The van der Waals surface area contributed by atoms with Crippen LogP contribution in [-0.4, -0.2) is 22.1 Å². The number of fused-ring (bicyclic) bond motifs is 1. The van der Waals surface area contributed by atoms with E-state index in [0.717, 1.165) is 28.2 Å². The van der Waals surface area contributed by atoms with Gasteiger partial charge in [0.1, 0.15) is 18.2 Å². The number of imidazole rings is 1. The van der Waals surface area contributed by atoms with Gasteiger partial charge in [0.15, 0.2) is 0 Å².